The lowest BCUT2D eigenvalue weighted by molar-refractivity contribution is -0.174. The van der Waals surface area contributed by atoms with Gasteiger partial charge in [-0.25, -0.2) is 4.98 Å². The zero-order valence-corrected chi connectivity index (χ0v) is 8.92. The Balaban J connectivity index is 2.29. The Kier molecular flexibility index (Phi) is 4.75. The average molecular weight is 237 g/mol. The van der Waals surface area contributed by atoms with Crippen LogP contribution < -0.4 is 5.32 Å². The van der Waals surface area contributed by atoms with Crippen molar-refractivity contribution in [2.75, 3.05) is 20.3 Å². The SMILES string of the molecule is CNCc1nccn1CCOCC(F)(F)F. The number of rotatable bonds is 6. The Morgan fingerprint density at radius 2 is 2.25 bits per heavy atom. The van der Waals surface area contributed by atoms with Crippen molar-refractivity contribution in [2.45, 2.75) is 19.3 Å². The Bertz CT molecular complexity index is 311. The monoisotopic (exact) mass is 237 g/mol. The molecule has 0 atom stereocenters. The summed E-state index contributed by atoms with van der Waals surface area (Å²) in [7, 11) is 1.78. The Morgan fingerprint density at radius 3 is 2.88 bits per heavy atom. The first-order valence-electron chi connectivity index (χ1n) is 4.82. The summed E-state index contributed by atoms with van der Waals surface area (Å²) >= 11 is 0. The van der Waals surface area contributed by atoms with Gasteiger partial charge >= 0.3 is 6.18 Å². The number of alkyl halides is 3. The topological polar surface area (TPSA) is 39.1 Å². The molecular formula is C9H14F3N3O. The van der Waals surface area contributed by atoms with E-state index in [0.29, 0.717) is 13.1 Å². The minimum atomic E-state index is -4.26. The lowest BCUT2D eigenvalue weighted by Crippen LogP contribution is -2.20. The quantitative estimate of drug-likeness (QED) is 0.755. The summed E-state index contributed by atoms with van der Waals surface area (Å²) in [6, 6.07) is 0. The van der Waals surface area contributed by atoms with Crippen molar-refractivity contribution < 1.29 is 17.9 Å². The third kappa shape index (κ3) is 4.63. The summed E-state index contributed by atoms with van der Waals surface area (Å²) in [4.78, 5) is 4.06. The van der Waals surface area contributed by atoms with Gasteiger partial charge in [-0.1, -0.05) is 0 Å². The van der Waals surface area contributed by atoms with E-state index in [2.05, 4.69) is 15.0 Å². The molecule has 0 fully saturated rings. The van der Waals surface area contributed by atoms with E-state index < -0.39 is 12.8 Å². The largest absolute Gasteiger partial charge is 0.411 e. The van der Waals surface area contributed by atoms with Crippen molar-refractivity contribution in [3.05, 3.63) is 18.2 Å². The van der Waals surface area contributed by atoms with Crippen LogP contribution in [0.25, 0.3) is 0 Å². The molecule has 1 aromatic heterocycles. The number of ether oxygens (including phenoxy) is 1. The first-order valence-corrected chi connectivity index (χ1v) is 4.82. The minimum absolute atomic E-state index is 0.0204. The van der Waals surface area contributed by atoms with Gasteiger partial charge in [0.25, 0.3) is 0 Å². The first-order chi connectivity index (χ1) is 7.53. The number of hydrogen-bond donors (Lipinski definition) is 1. The average Bonchev–Trinajstić information content (AvgIpc) is 2.60. The van der Waals surface area contributed by atoms with Crippen molar-refractivity contribution in [2.24, 2.45) is 0 Å². The predicted molar refractivity (Wildman–Crippen MR) is 51.9 cm³/mol. The molecule has 0 aliphatic heterocycles. The highest BCUT2D eigenvalue weighted by atomic mass is 19.4. The third-order valence-electron chi connectivity index (χ3n) is 1.88. The van der Waals surface area contributed by atoms with Crippen LogP contribution >= 0.6 is 0 Å². The molecule has 92 valence electrons. The highest BCUT2D eigenvalue weighted by molar-refractivity contribution is 4.91. The molecule has 0 aromatic carbocycles. The number of imidazole rings is 1. The Hall–Kier alpha value is -1.08. The van der Waals surface area contributed by atoms with Crippen molar-refractivity contribution in [1.29, 1.82) is 0 Å². The molecule has 1 N–H and O–H groups in total. The summed E-state index contributed by atoms with van der Waals surface area (Å²) in [5.41, 5.74) is 0. The fraction of sp³-hybridized carbons (Fsp3) is 0.667. The lowest BCUT2D eigenvalue weighted by Gasteiger charge is -2.09. The van der Waals surface area contributed by atoms with Gasteiger partial charge in [0.05, 0.1) is 13.2 Å². The van der Waals surface area contributed by atoms with Gasteiger partial charge in [-0.15, -0.1) is 0 Å². The first kappa shape index (κ1) is 13.0. The minimum Gasteiger partial charge on any atom is -0.370 e. The maximum atomic E-state index is 11.8. The van der Waals surface area contributed by atoms with E-state index in [1.165, 1.54) is 0 Å². The fourth-order valence-electron chi connectivity index (χ4n) is 1.22. The standard InChI is InChI=1S/C9H14F3N3O/c1-13-6-8-14-2-3-15(8)4-5-16-7-9(10,11)12/h2-3,13H,4-7H2,1H3. The molecule has 0 spiro atoms. The fourth-order valence-corrected chi connectivity index (χ4v) is 1.22. The van der Waals surface area contributed by atoms with Crippen LogP contribution in [0.4, 0.5) is 13.2 Å². The highest BCUT2D eigenvalue weighted by Gasteiger charge is 2.27. The summed E-state index contributed by atoms with van der Waals surface area (Å²) < 4.78 is 41.6. The van der Waals surface area contributed by atoms with E-state index in [1.807, 2.05) is 0 Å². The molecule has 0 amide bonds. The van der Waals surface area contributed by atoms with Crippen LogP contribution in [0.3, 0.4) is 0 Å². The summed E-state index contributed by atoms with van der Waals surface area (Å²) in [6.07, 6.45) is -0.942. The third-order valence-corrected chi connectivity index (χ3v) is 1.88. The van der Waals surface area contributed by atoms with Gasteiger partial charge in [0.2, 0.25) is 0 Å². The number of hydrogen-bond acceptors (Lipinski definition) is 3. The molecule has 0 radical (unpaired) electrons. The molecule has 1 aromatic rings. The van der Waals surface area contributed by atoms with E-state index in [-0.39, 0.29) is 6.61 Å². The van der Waals surface area contributed by atoms with Gasteiger partial charge < -0.3 is 14.6 Å². The molecule has 0 bridgehead atoms. The van der Waals surface area contributed by atoms with Crippen LogP contribution in [0.2, 0.25) is 0 Å². The maximum absolute atomic E-state index is 11.8. The maximum Gasteiger partial charge on any atom is 0.411 e. The van der Waals surface area contributed by atoms with Crippen molar-refractivity contribution in [3.8, 4) is 0 Å². The molecule has 7 heteroatoms. The lowest BCUT2D eigenvalue weighted by atomic mass is 10.5. The smallest absolute Gasteiger partial charge is 0.370 e. The second kappa shape index (κ2) is 5.86. The number of nitrogens with one attached hydrogen (secondary N) is 1. The van der Waals surface area contributed by atoms with E-state index in [4.69, 9.17) is 0 Å². The molecule has 16 heavy (non-hydrogen) atoms. The Morgan fingerprint density at radius 1 is 1.50 bits per heavy atom. The summed E-state index contributed by atoms with van der Waals surface area (Å²) in [6.45, 7) is -0.241. The van der Waals surface area contributed by atoms with Crippen LogP contribution in [-0.2, 0) is 17.8 Å². The van der Waals surface area contributed by atoms with Crippen LogP contribution in [0.15, 0.2) is 12.4 Å². The van der Waals surface area contributed by atoms with Gasteiger partial charge in [0.1, 0.15) is 12.4 Å². The van der Waals surface area contributed by atoms with Crippen molar-refractivity contribution in [3.63, 3.8) is 0 Å². The highest BCUT2D eigenvalue weighted by Crippen LogP contribution is 2.14. The molecule has 4 nitrogen and oxygen atoms in total. The second-order valence-electron chi connectivity index (χ2n) is 3.23. The second-order valence-corrected chi connectivity index (χ2v) is 3.23. The summed E-state index contributed by atoms with van der Waals surface area (Å²) in [5, 5.41) is 2.92. The molecule has 1 rings (SSSR count). The number of halogens is 3. The Labute approximate surface area is 91.4 Å². The number of nitrogens with zero attached hydrogens (tertiary/aromatic N) is 2. The molecule has 0 saturated carbocycles. The zero-order valence-electron chi connectivity index (χ0n) is 8.92. The van der Waals surface area contributed by atoms with Gasteiger partial charge in [0.15, 0.2) is 0 Å². The van der Waals surface area contributed by atoms with Gasteiger partial charge in [-0.2, -0.15) is 13.2 Å². The molecule has 0 aliphatic rings. The molecule has 0 saturated heterocycles. The van der Waals surface area contributed by atoms with Crippen molar-refractivity contribution >= 4 is 0 Å². The van der Waals surface area contributed by atoms with E-state index in [9.17, 15) is 13.2 Å². The molecular weight excluding hydrogens is 223 g/mol. The van der Waals surface area contributed by atoms with Crippen molar-refractivity contribution in [1.82, 2.24) is 14.9 Å². The van der Waals surface area contributed by atoms with Crippen LogP contribution in [-0.4, -0.2) is 36.0 Å². The normalized spacial score (nSPS) is 12.0. The van der Waals surface area contributed by atoms with E-state index in [0.717, 1.165) is 5.82 Å². The van der Waals surface area contributed by atoms with Crippen LogP contribution in [0.5, 0.6) is 0 Å². The predicted octanol–water partition coefficient (Wildman–Crippen LogP) is 1.18. The molecule has 0 aliphatic carbocycles. The van der Waals surface area contributed by atoms with Crippen LogP contribution in [0.1, 0.15) is 5.82 Å². The summed E-state index contributed by atoms with van der Waals surface area (Å²) in [5.74, 6) is 0.776. The zero-order chi connectivity index (χ0) is 12.0. The molecule has 0 unspecified atom stereocenters. The van der Waals surface area contributed by atoms with Gasteiger partial charge in [-0.3, -0.25) is 0 Å². The van der Waals surface area contributed by atoms with E-state index in [1.54, 1.807) is 24.0 Å². The van der Waals surface area contributed by atoms with Gasteiger partial charge in [0, 0.05) is 18.9 Å². The molecule has 1 heterocycles. The van der Waals surface area contributed by atoms with Gasteiger partial charge in [-0.05, 0) is 7.05 Å². The number of aromatic nitrogens is 2. The van der Waals surface area contributed by atoms with Crippen LogP contribution in [0, 0.1) is 0 Å². The van der Waals surface area contributed by atoms with E-state index >= 15 is 0 Å².